The molecule has 3 aromatic rings. The minimum Gasteiger partial charge on any atom is -0.372 e. The van der Waals surface area contributed by atoms with Crippen molar-refractivity contribution in [3.8, 4) is 10.7 Å². The molecular weight excluding hydrogens is 590 g/mol. The molecule has 7 rings (SSSR count). The molecule has 0 bridgehead atoms. The Hall–Kier alpha value is -2.59. The summed E-state index contributed by atoms with van der Waals surface area (Å²) in [5, 5.41) is 7.55. The van der Waals surface area contributed by atoms with Gasteiger partial charge in [-0.1, -0.05) is 11.3 Å². The normalized spacial score (nSPS) is 24.3. The average molecular weight is 623 g/mol. The molecular formula is C27H32F2N6O5S2. The maximum atomic E-state index is 13.7. The molecule has 0 aromatic carbocycles. The number of alkyl halides is 2. The Morgan fingerprint density at radius 1 is 1.17 bits per heavy atom. The third-order valence-corrected chi connectivity index (χ3v) is 11.8. The number of ether oxygens (including phenoxy) is 2. The number of rotatable bonds is 8. The minimum absolute atomic E-state index is 0.0263. The lowest BCUT2D eigenvalue weighted by molar-refractivity contribution is -0.128. The molecule has 2 saturated carbocycles. The van der Waals surface area contributed by atoms with Gasteiger partial charge < -0.3 is 14.4 Å². The predicted molar refractivity (Wildman–Crippen MR) is 149 cm³/mol. The Labute approximate surface area is 245 Å². The summed E-state index contributed by atoms with van der Waals surface area (Å²) in [7, 11) is -2.38. The zero-order valence-corrected chi connectivity index (χ0v) is 25.2. The average Bonchev–Trinajstić information content (AvgIpc) is 3.76. The van der Waals surface area contributed by atoms with Gasteiger partial charge in [-0.05, 0) is 58.4 Å². The SMILES string of the molecule is COC1(c2nc3c(N4CCC5(CC4)CO[C@H](C)C5=O)cc(S(=O)(=O)NC4(C)CC4)cn3c2-c2nnc(C(F)F)s2)CC1. The first kappa shape index (κ1) is 28.2. The van der Waals surface area contributed by atoms with Gasteiger partial charge in [0, 0.05) is 31.9 Å². The number of piperidine rings is 1. The van der Waals surface area contributed by atoms with Crippen molar-refractivity contribution in [2.24, 2.45) is 5.41 Å². The van der Waals surface area contributed by atoms with Crippen LogP contribution in [0.3, 0.4) is 0 Å². The van der Waals surface area contributed by atoms with E-state index in [-0.39, 0.29) is 15.7 Å². The molecule has 2 aliphatic carbocycles. The van der Waals surface area contributed by atoms with Crippen molar-refractivity contribution in [2.45, 2.75) is 80.9 Å². The summed E-state index contributed by atoms with van der Waals surface area (Å²) in [5.74, 6) is 0.109. The lowest BCUT2D eigenvalue weighted by Crippen LogP contribution is -2.45. The van der Waals surface area contributed by atoms with Crippen molar-refractivity contribution >= 4 is 38.5 Å². The summed E-state index contributed by atoms with van der Waals surface area (Å²) in [5.41, 5.74) is 0.166. The molecule has 5 heterocycles. The van der Waals surface area contributed by atoms with Crippen LogP contribution in [0.4, 0.5) is 14.5 Å². The summed E-state index contributed by atoms with van der Waals surface area (Å²) >= 11 is 0.751. The van der Waals surface area contributed by atoms with E-state index in [1.54, 1.807) is 24.5 Å². The number of anilines is 1. The summed E-state index contributed by atoms with van der Waals surface area (Å²) in [6.07, 6.45) is 2.20. The number of ketones is 1. The fourth-order valence-corrected chi connectivity index (χ4v) is 8.40. The van der Waals surface area contributed by atoms with Crippen molar-refractivity contribution in [3.05, 3.63) is 23.0 Å². The monoisotopic (exact) mass is 622 g/mol. The van der Waals surface area contributed by atoms with E-state index >= 15 is 0 Å². The number of Topliss-reactive ketones (excluding diaryl/α,β-unsaturated/α-hetero) is 1. The number of aromatic nitrogens is 4. The van der Waals surface area contributed by atoms with Crippen LogP contribution in [0, 0.1) is 5.41 Å². The number of imidazole rings is 1. The van der Waals surface area contributed by atoms with Gasteiger partial charge in [0.15, 0.2) is 21.4 Å². The highest BCUT2D eigenvalue weighted by Crippen LogP contribution is 2.53. The fraction of sp³-hybridized carbons (Fsp3) is 0.630. The number of halogens is 2. The summed E-state index contributed by atoms with van der Waals surface area (Å²) < 4.78 is 70.5. The van der Waals surface area contributed by atoms with E-state index in [1.807, 2.05) is 11.8 Å². The molecule has 4 aliphatic rings. The molecule has 0 amide bonds. The van der Waals surface area contributed by atoms with E-state index < -0.39 is 44.1 Å². The molecule has 2 saturated heterocycles. The molecule has 11 nitrogen and oxygen atoms in total. The van der Waals surface area contributed by atoms with Crippen molar-refractivity contribution in [3.63, 3.8) is 0 Å². The van der Waals surface area contributed by atoms with Crippen LogP contribution in [0.25, 0.3) is 16.3 Å². The topological polar surface area (TPSA) is 128 Å². The first-order valence-electron chi connectivity index (χ1n) is 14.1. The van der Waals surface area contributed by atoms with E-state index in [1.165, 1.54) is 6.20 Å². The number of hydrogen-bond acceptors (Lipinski definition) is 10. The number of hydrogen-bond donors (Lipinski definition) is 1. The Bertz CT molecular complexity index is 1690. The maximum Gasteiger partial charge on any atom is 0.291 e. The van der Waals surface area contributed by atoms with Gasteiger partial charge >= 0.3 is 0 Å². The smallest absolute Gasteiger partial charge is 0.291 e. The number of nitrogens with one attached hydrogen (secondary N) is 1. The van der Waals surface area contributed by atoms with Gasteiger partial charge in [-0.15, -0.1) is 10.2 Å². The predicted octanol–water partition coefficient (Wildman–Crippen LogP) is 3.83. The number of pyridine rings is 1. The molecule has 1 N–H and O–H groups in total. The molecule has 1 spiro atoms. The molecule has 0 radical (unpaired) electrons. The first-order chi connectivity index (χ1) is 19.9. The Balaban J connectivity index is 1.40. The highest BCUT2D eigenvalue weighted by atomic mass is 32.2. The van der Waals surface area contributed by atoms with Crippen LogP contribution in [-0.2, 0) is 29.9 Å². The van der Waals surface area contributed by atoms with E-state index in [2.05, 4.69) is 14.9 Å². The highest BCUT2D eigenvalue weighted by Gasteiger charge is 2.51. The standard InChI is InChI=1S/C27H32F2N6O5S2/c1-15-20(36)26(14-40-15)8-10-34(11-9-26)17-12-16(42(37,38)33-25(2)4-5-25)13-35-18(23-31-32-24(41-23)21(28)29)19(30-22(17)35)27(39-3)6-7-27/h12-13,15,21,33H,4-11,14H2,1-3H3/t15-/m1/s1. The first-order valence-corrected chi connectivity index (χ1v) is 16.4. The second-order valence-corrected chi connectivity index (χ2v) is 15.0. The number of sulfonamides is 1. The molecule has 226 valence electrons. The third-order valence-electron chi connectivity index (χ3n) is 9.29. The zero-order chi connectivity index (χ0) is 29.7. The lowest BCUT2D eigenvalue weighted by atomic mass is 9.75. The lowest BCUT2D eigenvalue weighted by Gasteiger charge is -2.38. The molecule has 15 heteroatoms. The summed E-state index contributed by atoms with van der Waals surface area (Å²) in [6, 6.07) is 1.62. The minimum atomic E-state index is -3.95. The molecule has 2 aliphatic heterocycles. The van der Waals surface area contributed by atoms with Crippen LogP contribution in [-0.4, -0.2) is 72.2 Å². The Morgan fingerprint density at radius 3 is 2.43 bits per heavy atom. The number of nitrogens with zero attached hydrogens (tertiary/aromatic N) is 5. The van der Waals surface area contributed by atoms with Gasteiger partial charge in [-0.25, -0.2) is 26.9 Å². The van der Waals surface area contributed by atoms with Gasteiger partial charge in [0.1, 0.15) is 28.0 Å². The third kappa shape index (κ3) is 4.46. The van der Waals surface area contributed by atoms with E-state index in [4.69, 9.17) is 14.5 Å². The van der Waals surface area contributed by atoms with Crippen molar-refractivity contribution in [2.75, 3.05) is 31.7 Å². The van der Waals surface area contributed by atoms with Crippen LogP contribution in [0.5, 0.6) is 0 Å². The van der Waals surface area contributed by atoms with Crippen molar-refractivity contribution in [1.29, 1.82) is 0 Å². The van der Waals surface area contributed by atoms with Crippen LogP contribution < -0.4 is 9.62 Å². The molecule has 4 fully saturated rings. The van der Waals surface area contributed by atoms with Gasteiger partial charge in [0.25, 0.3) is 6.43 Å². The van der Waals surface area contributed by atoms with Gasteiger partial charge in [0.05, 0.1) is 17.7 Å². The number of methoxy groups -OCH3 is 1. The second kappa shape index (κ2) is 9.45. The number of carbonyl (C=O) groups is 1. The molecule has 1 atom stereocenters. The Kier molecular flexibility index (Phi) is 6.35. The molecule has 3 aromatic heterocycles. The number of carbonyl (C=O) groups excluding carboxylic acids is 1. The zero-order valence-electron chi connectivity index (χ0n) is 23.5. The van der Waals surface area contributed by atoms with E-state index in [0.29, 0.717) is 68.1 Å². The maximum absolute atomic E-state index is 13.7. The summed E-state index contributed by atoms with van der Waals surface area (Å²) in [4.78, 5) is 20.0. The van der Waals surface area contributed by atoms with Gasteiger partial charge in [-0.2, -0.15) is 0 Å². The highest BCUT2D eigenvalue weighted by molar-refractivity contribution is 7.89. The van der Waals surface area contributed by atoms with Crippen LogP contribution in [0.2, 0.25) is 0 Å². The van der Waals surface area contributed by atoms with Crippen LogP contribution >= 0.6 is 11.3 Å². The van der Waals surface area contributed by atoms with E-state index in [0.717, 1.165) is 24.2 Å². The quantitative estimate of drug-likeness (QED) is 0.399. The largest absolute Gasteiger partial charge is 0.372 e. The van der Waals surface area contributed by atoms with Crippen LogP contribution in [0.15, 0.2) is 17.2 Å². The number of fused-ring (bicyclic) bond motifs is 1. The van der Waals surface area contributed by atoms with E-state index in [9.17, 15) is 22.0 Å². The second-order valence-electron chi connectivity index (χ2n) is 12.3. The van der Waals surface area contributed by atoms with Gasteiger partial charge in [-0.3, -0.25) is 9.20 Å². The van der Waals surface area contributed by atoms with Crippen molar-refractivity contribution in [1.82, 2.24) is 24.3 Å². The fourth-order valence-electron chi connectivity index (χ4n) is 6.18. The van der Waals surface area contributed by atoms with Crippen molar-refractivity contribution < 1.29 is 31.5 Å². The molecule has 42 heavy (non-hydrogen) atoms. The summed E-state index contributed by atoms with van der Waals surface area (Å²) in [6.45, 7) is 5.00. The van der Waals surface area contributed by atoms with Gasteiger partial charge in [0.2, 0.25) is 10.0 Å². The van der Waals surface area contributed by atoms with Crippen LogP contribution in [0.1, 0.15) is 69.5 Å². The molecule has 0 unspecified atom stereocenters. The Morgan fingerprint density at radius 2 is 1.88 bits per heavy atom.